The molecular formula is C32H38ClN3O5S. The van der Waals surface area contributed by atoms with Crippen molar-refractivity contribution < 1.29 is 22.7 Å². The lowest BCUT2D eigenvalue weighted by atomic mass is 10.1. The first-order valence-electron chi connectivity index (χ1n) is 14.2. The third-order valence-electron chi connectivity index (χ3n) is 7.54. The Bertz CT molecular complexity index is 1490. The Morgan fingerprint density at radius 1 is 1.02 bits per heavy atom. The van der Waals surface area contributed by atoms with Crippen LogP contribution in [0.5, 0.6) is 5.75 Å². The van der Waals surface area contributed by atoms with E-state index in [1.54, 1.807) is 31.4 Å². The van der Waals surface area contributed by atoms with Gasteiger partial charge in [-0.2, -0.15) is 0 Å². The summed E-state index contributed by atoms with van der Waals surface area (Å²) in [5.41, 5.74) is 1.95. The number of hydrogen-bond acceptors (Lipinski definition) is 5. The zero-order valence-corrected chi connectivity index (χ0v) is 25.8. The number of carbonyl (C=O) groups is 2. The first-order valence-corrected chi connectivity index (χ1v) is 16.0. The van der Waals surface area contributed by atoms with Crippen molar-refractivity contribution in [2.45, 2.75) is 69.5 Å². The van der Waals surface area contributed by atoms with Crippen LogP contribution in [0, 0.1) is 6.92 Å². The van der Waals surface area contributed by atoms with Crippen LogP contribution in [0.1, 0.15) is 50.2 Å². The van der Waals surface area contributed by atoms with E-state index in [1.807, 2.05) is 38.1 Å². The lowest BCUT2D eigenvalue weighted by molar-refractivity contribution is -0.140. The number of hydrogen-bond donors (Lipinski definition) is 1. The number of sulfonamides is 1. The number of aryl methyl sites for hydroxylation is 1. The summed E-state index contributed by atoms with van der Waals surface area (Å²) < 4.78 is 34.4. The van der Waals surface area contributed by atoms with E-state index < -0.39 is 28.5 Å². The van der Waals surface area contributed by atoms with Gasteiger partial charge in [0.15, 0.2) is 0 Å². The number of methoxy groups -OCH3 is 1. The average molecular weight is 612 g/mol. The number of rotatable bonds is 12. The lowest BCUT2D eigenvalue weighted by Gasteiger charge is -2.34. The van der Waals surface area contributed by atoms with Crippen LogP contribution in [0.2, 0.25) is 5.02 Å². The SMILES string of the molecule is CC[C@H](C(=O)NC1CCCC1)N(Cc1cccc(OC)c1)C(=O)CN(c1cccc(C)c1)S(=O)(=O)c1ccc(Cl)cc1. The van der Waals surface area contributed by atoms with Crippen molar-refractivity contribution in [1.82, 2.24) is 10.2 Å². The van der Waals surface area contributed by atoms with E-state index in [4.69, 9.17) is 16.3 Å². The van der Waals surface area contributed by atoms with Gasteiger partial charge in [0, 0.05) is 17.6 Å². The van der Waals surface area contributed by atoms with Gasteiger partial charge in [0.2, 0.25) is 11.8 Å². The van der Waals surface area contributed by atoms with E-state index in [2.05, 4.69) is 5.32 Å². The number of carbonyl (C=O) groups excluding carboxylic acids is 2. The summed E-state index contributed by atoms with van der Waals surface area (Å²) in [4.78, 5) is 29.3. The quantitative estimate of drug-likeness (QED) is 0.283. The summed E-state index contributed by atoms with van der Waals surface area (Å²) in [6, 6.07) is 19.4. The summed E-state index contributed by atoms with van der Waals surface area (Å²) in [5.74, 6) is -0.108. The van der Waals surface area contributed by atoms with E-state index in [1.165, 1.54) is 29.2 Å². The molecule has 1 aliphatic carbocycles. The van der Waals surface area contributed by atoms with Crippen molar-refractivity contribution in [1.29, 1.82) is 0 Å². The molecule has 1 fully saturated rings. The Hall–Kier alpha value is -3.56. The Labute approximate surface area is 253 Å². The standard InChI is InChI=1S/C32H38ClN3O5S/c1-4-30(32(38)34-26-11-5-6-12-26)35(21-24-10-8-14-28(20-24)41-3)31(37)22-36(27-13-7-9-23(2)19-27)42(39,40)29-17-15-25(33)16-18-29/h7-10,13-20,26,30H,4-6,11-12,21-22H2,1-3H3,(H,34,38)/t30-/m1/s1. The summed E-state index contributed by atoms with van der Waals surface area (Å²) in [6.45, 7) is 3.32. The molecule has 1 N–H and O–H groups in total. The number of nitrogens with zero attached hydrogens (tertiary/aromatic N) is 2. The molecule has 42 heavy (non-hydrogen) atoms. The number of halogens is 1. The Balaban J connectivity index is 1.72. The maximum absolute atomic E-state index is 14.2. The molecule has 1 aliphatic rings. The Morgan fingerprint density at radius 3 is 2.36 bits per heavy atom. The van der Waals surface area contributed by atoms with Gasteiger partial charge in [0.05, 0.1) is 17.7 Å². The van der Waals surface area contributed by atoms with Crippen molar-refractivity contribution in [3.63, 3.8) is 0 Å². The fourth-order valence-electron chi connectivity index (χ4n) is 5.30. The van der Waals surface area contributed by atoms with Gasteiger partial charge in [0.1, 0.15) is 18.3 Å². The first-order chi connectivity index (χ1) is 20.1. The molecule has 8 nitrogen and oxygen atoms in total. The van der Waals surface area contributed by atoms with Crippen LogP contribution in [0.15, 0.2) is 77.7 Å². The van der Waals surface area contributed by atoms with E-state index in [0.717, 1.165) is 41.1 Å². The van der Waals surface area contributed by atoms with Crippen molar-refractivity contribution in [2.75, 3.05) is 18.0 Å². The van der Waals surface area contributed by atoms with Gasteiger partial charge in [-0.3, -0.25) is 13.9 Å². The maximum atomic E-state index is 14.2. The molecule has 224 valence electrons. The second-order valence-corrected chi connectivity index (χ2v) is 12.9. The molecule has 0 unspecified atom stereocenters. The number of ether oxygens (including phenoxy) is 1. The fourth-order valence-corrected chi connectivity index (χ4v) is 6.83. The van der Waals surface area contributed by atoms with E-state index in [-0.39, 0.29) is 23.4 Å². The van der Waals surface area contributed by atoms with E-state index in [9.17, 15) is 18.0 Å². The highest BCUT2D eigenvalue weighted by Crippen LogP contribution is 2.27. The minimum atomic E-state index is -4.16. The Morgan fingerprint density at radius 2 is 1.71 bits per heavy atom. The second kappa shape index (κ2) is 14.1. The zero-order valence-electron chi connectivity index (χ0n) is 24.3. The summed E-state index contributed by atoms with van der Waals surface area (Å²) in [7, 11) is -2.60. The fraction of sp³-hybridized carbons (Fsp3) is 0.375. The highest BCUT2D eigenvalue weighted by Gasteiger charge is 2.34. The molecule has 3 aromatic carbocycles. The van der Waals surface area contributed by atoms with Gasteiger partial charge < -0.3 is 15.0 Å². The highest BCUT2D eigenvalue weighted by atomic mass is 35.5. The third-order valence-corrected chi connectivity index (χ3v) is 9.58. The van der Waals surface area contributed by atoms with Gasteiger partial charge in [-0.25, -0.2) is 8.42 Å². The molecule has 0 spiro atoms. The van der Waals surface area contributed by atoms with Crippen molar-refractivity contribution >= 4 is 39.1 Å². The van der Waals surface area contributed by atoms with Gasteiger partial charge in [-0.05, 0) is 85.8 Å². The second-order valence-electron chi connectivity index (χ2n) is 10.6. The van der Waals surface area contributed by atoms with Gasteiger partial charge in [-0.1, -0.05) is 55.6 Å². The Kier molecular flexibility index (Phi) is 10.5. The van der Waals surface area contributed by atoms with E-state index >= 15 is 0 Å². The van der Waals surface area contributed by atoms with Crippen molar-refractivity contribution in [3.05, 3.63) is 88.9 Å². The van der Waals surface area contributed by atoms with Crippen LogP contribution >= 0.6 is 11.6 Å². The molecule has 0 bridgehead atoms. The summed E-state index contributed by atoms with van der Waals surface area (Å²) in [6.07, 6.45) is 4.30. The maximum Gasteiger partial charge on any atom is 0.264 e. The predicted molar refractivity (Wildman–Crippen MR) is 165 cm³/mol. The first kappa shape index (κ1) is 31.4. The normalized spacial score (nSPS) is 14.3. The number of anilines is 1. The van der Waals surface area contributed by atoms with Crippen molar-refractivity contribution in [3.8, 4) is 5.75 Å². The van der Waals surface area contributed by atoms with Crippen molar-refractivity contribution in [2.24, 2.45) is 0 Å². The monoisotopic (exact) mass is 611 g/mol. The largest absolute Gasteiger partial charge is 0.497 e. The van der Waals surface area contributed by atoms with Crippen LogP contribution in [-0.2, 0) is 26.2 Å². The van der Waals surface area contributed by atoms with Crippen LogP contribution in [0.3, 0.4) is 0 Å². The van der Waals surface area contributed by atoms with Crippen LogP contribution < -0.4 is 14.4 Å². The number of nitrogens with one attached hydrogen (secondary N) is 1. The molecule has 1 atom stereocenters. The molecule has 4 rings (SSSR count). The molecular weight excluding hydrogens is 574 g/mol. The number of benzene rings is 3. The minimum Gasteiger partial charge on any atom is -0.497 e. The molecule has 3 aromatic rings. The van der Waals surface area contributed by atoms with Crippen LogP contribution in [0.4, 0.5) is 5.69 Å². The molecule has 0 radical (unpaired) electrons. The molecule has 1 saturated carbocycles. The van der Waals surface area contributed by atoms with E-state index in [0.29, 0.717) is 22.9 Å². The van der Waals surface area contributed by atoms with Gasteiger partial charge >= 0.3 is 0 Å². The minimum absolute atomic E-state index is 0.00608. The average Bonchev–Trinajstić information content (AvgIpc) is 3.49. The van der Waals surface area contributed by atoms with Gasteiger partial charge in [0.25, 0.3) is 10.0 Å². The third kappa shape index (κ3) is 7.63. The molecule has 0 heterocycles. The molecule has 2 amide bonds. The summed E-state index contributed by atoms with van der Waals surface area (Å²) in [5, 5.41) is 3.52. The molecule has 0 saturated heterocycles. The van der Waals surface area contributed by atoms with Crippen LogP contribution in [0.25, 0.3) is 0 Å². The van der Waals surface area contributed by atoms with Gasteiger partial charge in [-0.15, -0.1) is 0 Å². The smallest absolute Gasteiger partial charge is 0.264 e. The molecule has 0 aliphatic heterocycles. The predicted octanol–water partition coefficient (Wildman–Crippen LogP) is 5.72. The molecule has 10 heteroatoms. The summed E-state index contributed by atoms with van der Waals surface area (Å²) >= 11 is 6.03. The highest BCUT2D eigenvalue weighted by molar-refractivity contribution is 7.92. The number of amides is 2. The molecule has 0 aromatic heterocycles. The topological polar surface area (TPSA) is 96.0 Å². The lowest BCUT2D eigenvalue weighted by Crippen LogP contribution is -2.53. The van der Waals surface area contributed by atoms with Crippen LogP contribution in [-0.4, -0.2) is 50.9 Å². The zero-order chi connectivity index (χ0) is 30.3.